The molecule has 1 aliphatic carbocycles. The molecule has 4 nitrogen and oxygen atoms in total. The highest BCUT2D eigenvalue weighted by Crippen LogP contribution is 2.53. The average molecular weight is 237 g/mol. The number of nitrogens with zero attached hydrogens (tertiary/aromatic N) is 1. The number of fused-ring (bicyclic) bond motifs is 5. The third-order valence-electron chi connectivity index (χ3n) is 5.06. The number of carbonyl (C=O) groups is 1. The Labute approximate surface area is 101 Å². The lowest BCUT2D eigenvalue weighted by molar-refractivity contribution is -0.194. The zero-order valence-corrected chi connectivity index (χ0v) is 10.1. The molecule has 0 aromatic rings. The second-order valence-corrected chi connectivity index (χ2v) is 5.85. The summed E-state index contributed by atoms with van der Waals surface area (Å²) in [6.45, 7) is 2.35. The average Bonchev–Trinajstić information content (AvgIpc) is 2.95. The second-order valence-electron chi connectivity index (χ2n) is 5.85. The van der Waals surface area contributed by atoms with E-state index in [1.54, 1.807) is 0 Å². The first-order valence-corrected chi connectivity index (χ1v) is 6.88. The molecule has 3 heterocycles. The predicted molar refractivity (Wildman–Crippen MR) is 60.2 cm³/mol. The molecule has 2 bridgehead atoms. The lowest BCUT2D eigenvalue weighted by atomic mass is 9.83. The van der Waals surface area contributed by atoms with Crippen molar-refractivity contribution in [1.82, 2.24) is 4.90 Å². The van der Waals surface area contributed by atoms with Crippen LogP contribution in [0.1, 0.15) is 32.1 Å². The molecule has 0 radical (unpaired) electrons. The molecule has 1 amide bonds. The summed E-state index contributed by atoms with van der Waals surface area (Å²) in [5.41, 5.74) is 0. The smallest absolute Gasteiger partial charge is 0.226 e. The van der Waals surface area contributed by atoms with Gasteiger partial charge in [-0.1, -0.05) is 0 Å². The third-order valence-corrected chi connectivity index (χ3v) is 5.06. The Bertz CT molecular complexity index is 351. The van der Waals surface area contributed by atoms with Gasteiger partial charge in [-0.05, 0) is 25.7 Å². The van der Waals surface area contributed by atoms with Crippen molar-refractivity contribution in [3.05, 3.63) is 0 Å². The van der Waals surface area contributed by atoms with Crippen LogP contribution in [0.5, 0.6) is 0 Å². The zero-order valence-electron chi connectivity index (χ0n) is 10.1. The molecule has 4 fully saturated rings. The first kappa shape index (κ1) is 10.3. The van der Waals surface area contributed by atoms with Crippen LogP contribution < -0.4 is 0 Å². The van der Waals surface area contributed by atoms with Crippen molar-refractivity contribution < 1.29 is 14.3 Å². The van der Waals surface area contributed by atoms with Crippen molar-refractivity contribution in [3.8, 4) is 0 Å². The van der Waals surface area contributed by atoms with Crippen LogP contribution in [0, 0.1) is 11.8 Å². The van der Waals surface area contributed by atoms with Crippen LogP contribution in [0.25, 0.3) is 0 Å². The van der Waals surface area contributed by atoms with Crippen molar-refractivity contribution >= 4 is 5.91 Å². The Balaban J connectivity index is 1.71. The van der Waals surface area contributed by atoms with Crippen molar-refractivity contribution in [2.75, 3.05) is 19.8 Å². The highest BCUT2D eigenvalue weighted by atomic mass is 16.7. The van der Waals surface area contributed by atoms with Gasteiger partial charge >= 0.3 is 0 Å². The van der Waals surface area contributed by atoms with E-state index in [-0.39, 0.29) is 5.92 Å². The van der Waals surface area contributed by atoms with Crippen molar-refractivity contribution in [2.45, 2.75) is 43.9 Å². The molecular weight excluding hydrogens is 218 g/mol. The van der Waals surface area contributed by atoms with Gasteiger partial charge in [0.1, 0.15) is 0 Å². The molecule has 1 saturated carbocycles. The van der Waals surface area contributed by atoms with Crippen LogP contribution in [0.4, 0.5) is 0 Å². The van der Waals surface area contributed by atoms with Gasteiger partial charge < -0.3 is 14.4 Å². The summed E-state index contributed by atoms with van der Waals surface area (Å²) in [5.74, 6) is 0.541. The Hall–Kier alpha value is -0.610. The number of ether oxygens (including phenoxy) is 2. The minimum absolute atomic E-state index is 0.160. The molecule has 17 heavy (non-hydrogen) atoms. The number of amides is 1. The van der Waals surface area contributed by atoms with Crippen LogP contribution in [0.3, 0.4) is 0 Å². The fourth-order valence-corrected chi connectivity index (χ4v) is 4.39. The van der Waals surface area contributed by atoms with E-state index in [2.05, 4.69) is 4.90 Å². The van der Waals surface area contributed by atoms with E-state index in [1.165, 1.54) is 6.42 Å². The summed E-state index contributed by atoms with van der Waals surface area (Å²) in [7, 11) is 0. The summed E-state index contributed by atoms with van der Waals surface area (Å²) >= 11 is 0. The van der Waals surface area contributed by atoms with Gasteiger partial charge in [0.05, 0.1) is 13.2 Å². The number of carbonyl (C=O) groups excluding carboxylic acids is 1. The lowest BCUT2D eigenvalue weighted by Gasteiger charge is -2.45. The largest absolute Gasteiger partial charge is 0.347 e. The molecular formula is C13H19NO3. The number of hydrogen-bond donors (Lipinski definition) is 0. The first-order valence-electron chi connectivity index (χ1n) is 6.88. The van der Waals surface area contributed by atoms with Crippen molar-refractivity contribution in [3.63, 3.8) is 0 Å². The lowest BCUT2D eigenvalue weighted by Crippen LogP contribution is -2.54. The van der Waals surface area contributed by atoms with Gasteiger partial charge in [0.2, 0.25) is 5.91 Å². The molecule has 4 rings (SSSR count). The maximum atomic E-state index is 12.4. The van der Waals surface area contributed by atoms with Gasteiger partial charge in [-0.3, -0.25) is 4.79 Å². The van der Waals surface area contributed by atoms with Crippen LogP contribution in [-0.4, -0.2) is 42.4 Å². The molecule has 0 N–H and O–H groups in total. The monoisotopic (exact) mass is 237 g/mol. The van der Waals surface area contributed by atoms with Crippen molar-refractivity contribution in [1.29, 1.82) is 0 Å². The fourth-order valence-electron chi connectivity index (χ4n) is 4.39. The standard InChI is InChI=1S/C13H19NO3/c15-12-9-7-10(11-3-1-2-4-14(11)12)13(8-9)16-5-6-17-13/h9-11H,1-8H2/t9-,10-,11-/m0/s1. The fraction of sp³-hybridized carbons (Fsp3) is 0.923. The highest BCUT2D eigenvalue weighted by molar-refractivity contribution is 5.81. The maximum absolute atomic E-state index is 12.4. The molecule has 94 valence electrons. The minimum Gasteiger partial charge on any atom is -0.347 e. The minimum atomic E-state index is -0.406. The highest BCUT2D eigenvalue weighted by Gasteiger charge is 2.61. The van der Waals surface area contributed by atoms with Crippen LogP contribution >= 0.6 is 0 Å². The Morgan fingerprint density at radius 3 is 2.88 bits per heavy atom. The molecule has 3 saturated heterocycles. The van der Waals surface area contributed by atoms with Gasteiger partial charge in [-0.25, -0.2) is 0 Å². The molecule has 4 heteroatoms. The summed E-state index contributed by atoms with van der Waals surface area (Å²) in [6, 6.07) is 0.382. The molecule has 3 aliphatic heterocycles. The summed E-state index contributed by atoms with van der Waals surface area (Å²) in [4.78, 5) is 14.5. The molecule has 0 unspecified atom stereocenters. The SMILES string of the molecule is O=C1[C@H]2C[C@@H]([C@@H]3CCCCN13)C1(C2)OCCO1. The quantitative estimate of drug-likeness (QED) is 0.634. The first-order chi connectivity index (χ1) is 8.30. The summed E-state index contributed by atoms with van der Waals surface area (Å²) in [6.07, 6.45) is 5.32. The van der Waals surface area contributed by atoms with Gasteiger partial charge in [0.15, 0.2) is 5.79 Å². The number of hydrogen-bond acceptors (Lipinski definition) is 3. The Morgan fingerprint density at radius 2 is 2.06 bits per heavy atom. The van der Waals surface area contributed by atoms with E-state index < -0.39 is 5.79 Å². The molecule has 3 atom stereocenters. The topological polar surface area (TPSA) is 38.8 Å². The van der Waals surface area contributed by atoms with Crippen LogP contribution in [0.15, 0.2) is 0 Å². The van der Waals surface area contributed by atoms with Crippen LogP contribution in [-0.2, 0) is 14.3 Å². The van der Waals surface area contributed by atoms with Gasteiger partial charge in [0.25, 0.3) is 0 Å². The molecule has 1 spiro atoms. The summed E-state index contributed by atoms with van der Waals surface area (Å²) in [5, 5.41) is 0. The van der Waals surface area contributed by atoms with Crippen molar-refractivity contribution in [2.24, 2.45) is 11.8 Å². The summed E-state index contributed by atoms with van der Waals surface area (Å²) < 4.78 is 11.8. The van der Waals surface area contributed by atoms with E-state index >= 15 is 0 Å². The zero-order chi connectivity index (χ0) is 11.5. The Morgan fingerprint density at radius 1 is 1.24 bits per heavy atom. The number of piperidine rings is 2. The van der Waals surface area contributed by atoms with Gasteiger partial charge in [0, 0.05) is 30.8 Å². The second kappa shape index (κ2) is 3.45. The third kappa shape index (κ3) is 1.28. The Kier molecular flexibility index (Phi) is 2.10. The van der Waals surface area contributed by atoms with Gasteiger partial charge in [-0.2, -0.15) is 0 Å². The maximum Gasteiger partial charge on any atom is 0.226 e. The van der Waals surface area contributed by atoms with E-state index in [1.807, 2.05) is 0 Å². The van der Waals surface area contributed by atoms with Crippen LogP contribution in [0.2, 0.25) is 0 Å². The molecule has 0 aromatic carbocycles. The van der Waals surface area contributed by atoms with E-state index in [4.69, 9.17) is 9.47 Å². The normalized spacial score (nSPS) is 43.2. The predicted octanol–water partition coefficient (Wildman–Crippen LogP) is 1.15. The van der Waals surface area contributed by atoms with E-state index in [9.17, 15) is 4.79 Å². The van der Waals surface area contributed by atoms with E-state index in [0.29, 0.717) is 31.1 Å². The molecule has 4 aliphatic rings. The number of rotatable bonds is 0. The van der Waals surface area contributed by atoms with E-state index in [0.717, 1.165) is 32.2 Å². The molecule has 0 aromatic heterocycles. The van der Waals surface area contributed by atoms with Gasteiger partial charge in [-0.15, -0.1) is 0 Å².